The first kappa shape index (κ1) is 17.5. The molecule has 3 rings (SSSR count). The number of carbonyl (C=O) groups excluding carboxylic acids is 1. The van der Waals surface area contributed by atoms with Gasteiger partial charge in [-0.05, 0) is 48.9 Å². The molecule has 6 nitrogen and oxygen atoms in total. The lowest BCUT2D eigenvalue weighted by atomic mass is 10.1. The van der Waals surface area contributed by atoms with Gasteiger partial charge >= 0.3 is 11.6 Å². The molecule has 3 aromatic rings. The molecular weight excluding hydrogens is 336 g/mol. The zero-order valence-corrected chi connectivity index (χ0v) is 14.6. The van der Waals surface area contributed by atoms with E-state index in [1.165, 1.54) is 7.11 Å². The van der Waals surface area contributed by atoms with E-state index in [-0.39, 0.29) is 0 Å². The molecule has 0 radical (unpaired) electrons. The van der Waals surface area contributed by atoms with E-state index in [4.69, 9.17) is 13.9 Å². The molecule has 1 aromatic heterocycles. The van der Waals surface area contributed by atoms with Crippen LogP contribution in [0, 0.1) is 0 Å². The summed E-state index contributed by atoms with van der Waals surface area (Å²) in [6.45, 7) is 1.60. The molecular formula is C20H18O6. The van der Waals surface area contributed by atoms with Crippen molar-refractivity contribution < 1.29 is 23.4 Å². The minimum Gasteiger partial charge on any atom is -0.497 e. The van der Waals surface area contributed by atoms with Gasteiger partial charge in [-0.3, -0.25) is 0 Å². The van der Waals surface area contributed by atoms with Gasteiger partial charge in [-0.1, -0.05) is 12.1 Å². The number of rotatable bonds is 5. The molecule has 0 spiro atoms. The lowest BCUT2D eigenvalue weighted by Gasteiger charge is -2.12. The van der Waals surface area contributed by atoms with E-state index in [1.54, 1.807) is 62.6 Å². The minimum absolute atomic E-state index is 0.429. The van der Waals surface area contributed by atoms with Gasteiger partial charge in [-0.15, -0.1) is 0 Å². The maximum Gasteiger partial charge on any atom is 0.346 e. The number of ether oxygens (including phenoxy) is 3. The van der Waals surface area contributed by atoms with Crippen molar-refractivity contribution in [3.05, 3.63) is 59.0 Å². The molecule has 1 unspecified atom stereocenters. The Labute approximate surface area is 149 Å². The Morgan fingerprint density at radius 3 is 2.35 bits per heavy atom. The third-order valence-corrected chi connectivity index (χ3v) is 3.95. The minimum atomic E-state index is -0.718. The zero-order valence-electron chi connectivity index (χ0n) is 14.6. The summed E-state index contributed by atoms with van der Waals surface area (Å²) in [7, 11) is 2.88. The fraction of sp³-hybridized carbons (Fsp3) is 0.200. The molecule has 2 aromatic carbocycles. The fourth-order valence-corrected chi connectivity index (χ4v) is 2.56. The highest BCUT2D eigenvalue weighted by Gasteiger charge is 2.15. The Bertz CT molecular complexity index is 987. The highest BCUT2D eigenvalue weighted by Crippen LogP contribution is 2.26. The lowest BCUT2D eigenvalue weighted by molar-refractivity contribution is -0.147. The van der Waals surface area contributed by atoms with Crippen LogP contribution >= 0.6 is 0 Å². The predicted molar refractivity (Wildman–Crippen MR) is 96.6 cm³/mol. The number of esters is 1. The van der Waals surface area contributed by atoms with Crippen LogP contribution in [-0.4, -0.2) is 26.3 Å². The normalized spacial score (nSPS) is 11.8. The average molecular weight is 354 g/mol. The van der Waals surface area contributed by atoms with E-state index in [2.05, 4.69) is 4.74 Å². The molecule has 0 N–H and O–H groups in total. The standard InChI is InChI=1S/C20H18O6/c1-12(19(21)24-3)25-15-6-4-13(5-7-15)17-11-14-10-16(23-2)8-9-18(14)26-20(17)22/h4-12H,1-3H3. The van der Waals surface area contributed by atoms with E-state index in [9.17, 15) is 9.59 Å². The number of hydrogen-bond donors (Lipinski definition) is 0. The van der Waals surface area contributed by atoms with Gasteiger partial charge in [-0.2, -0.15) is 0 Å². The van der Waals surface area contributed by atoms with Crippen molar-refractivity contribution in [2.45, 2.75) is 13.0 Å². The molecule has 1 atom stereocenters. The molecule has 134 valence electrons. The van der Waals surface area contributed by atoms with Gasteiger partial charge < -0.3 is 18.6 Å². The molecule has 26 heavy (non-hydrogen) atoms. The summed E-state index contributed by atoms with van der Waals surface area (Å²) in [6, 6.07) is 13.8. The molecule has 0 amide bonds. The number of carbonyl (C=O) groups is 1. The fourth-order valence-electron chi connectivity index (χ4n) is 2.56. The highest BCUT2D eigenvalue weighted by molar-refractivity contribution is 5.83. The van der Waals surface area contributed by atoms with Crippen LogP contribution in [0.2, 0.25) is 0 Å². The first-order valence-corrected chi connectivity index (χ1v) is 7.98. The molecule has 0 saturated heterocycles. The van der Waals surface area contributed by atoms with E-state index in [0.717, 1.165) is 5.39 Å². The summed E-state index contributed by atoms with van der Waals surface area (Å²) in [6.07, 6.45) is -0.718. The first-order valence-electron chi connectivity index (χ1n) is 7.98. The van der Waals surface area contributed by atoms with Crippen LogP contribution in [0.1, 0.15) is 6.92 Å². The molecule has 1 heterocycles. The molecule has 6 heteroatoms. The van der Waals surface area contributed by atoms with Crippen molar-refractivity contribution in [3.63, 3.8) is 0 Å². The molecule has 0 aliphatic rings. The van der Waals surface area contributed by atoms with Crippen LogP contribution in [0.25, 0.3) is 22.1 Å². The second kappa shape index (κ2) is 7.31. The van der Waals surface area contributed by atoms with Crippen LogP contribution in [0.5, 0.6) is 11.5 Å². The van der Waals surface area contributed by atoms with E-state index < -0.39 is 17.7 Å². The maximum atomic E-state index is 12.3. The van der Waals surface area contributed by atoms with Gasteiger partial charge in [0, 0.05) is 5.39 Å². The zero-order chi connectivity index (χ0) is 18.7. The van der Waals surface area contributed by atoms with Crippen LogP contribution in [0.4, 0.5) is 0 Å². The number of methoxy groups -OCH3 is 2. The van der Waals surface area contributed by atoms with Crippen LogP contribution in [0.15, 0.2) is 57.7 Å². The van der Waals surface area contributed by atoms with E-state index in [0.29, 0.717) is 28.2 Å². The Morgan fingerprint density at radius 2 is 1.69 bits per heavy atom. The number of hydrogen-bond acceptors (Lipinski definition) is 6. The van der Waals surface area contributed by atoms with Crippen molar-refractivity contribution >= 4 is 16.9 Å². The molecule has 0 aliphatic carbocycles. The smallest absolute Gasteiger partial charge is 0.346 e. The molecule has 0 fully saturated rings. The van der Waals surface area contributed by atoms with Crippen molar-refractivity contribution in [1.82, 2.24) is 0 Å². The van der Waals surface area contributed by atoms with Gasteiger partial charge in [0.25, 0.3) is 0 Å². The predicted octanol–water partition coefficient (Wildman–Crippen LogP) is 3.41. The Hall–Kier alpha value is -3.28. The lowest BCUT2D eigenvalue weighted by Crippen LogP contribution is -2.24. The third kappa shape index (κ3) is 3.54. The molecule has 0 saturated carbocycles. The largest absolute Gasteiger partial charge is 0.497 e. The first-order chi connectivity index (χ1) is 12.5. The summed E-state index contributed by atoms with van der Waals surface area (Å²) in [5.74, 6) is 0.717. The summed E-state index contributed by atoms with van der Waals surface area (Å²) in [5.41, 5.74) is 1.17. The SMILES string of the molecule is COC(=O)C(C)Oc1ccc(-c2cc3cc(OC)ccc3oc2=O)cc1. The van der Waals surface area contributed by atoms with Crippen molar-refractivity contribution in [2.24, 2.45) is 0 Å². The van der Waals surface area contributed by atoms with Gasteiger partial charge in [0.15, 0.2) is 6.10 Å². The Morgan fingerprint density at radius 1 is 1.00 bits per heavy atom. The van der Waals surface area contributed by atoms with Crippen molar-refractivity contribution in [1.29, 1.82) is 0 Å². The number of fused-ring (bicyclic) bond motifs is 1. The van der Waals surface area contributed by atoms with Gasteiger partial charge in [-0.25, -0.2) is 9.59 Å². The number of benzene rings is 2. The monoisotopic (exact) mass is 354 g/mol. The topological polar surface area (TPSA) is 75.0 Å². The molecule has 0 bridgehead atoms. The highest BCUT2D eigenvalue weighted by atomic mass is 16.6. The quantitative estimate of drug-likeness (QED) is 0.516. The average Bonchev–Trinajstić information content (AvgIpc) is 2.67. The Balaban J connectivity index is 1.92. The van der Waals surface area contributed by atoms with E-state index >= 15 is 0 Å². The summed E-state index contributed by atoms with van der Waals surface area (Å²) < 4.78 is 20.7. The van der Waals surface area contributed by atoms with Gasteiger partial charge in [0.05, 0.1) is 19.8 Å². The summed E-state index contributed by atoms with van der Waals surface area (Å²) in [5, 5.41) is 0.763. The van der Waals surface area contributed by atoms with Gasteiger partial charge in [0.1, 0.15) is 17.1 Å². The maximum absolute atomic E-state index is 12.3. The van der Waals surface area contributed by atoms with Crippen molar-refractivity contribution in [2.75, 3.05) is 14.2 Å². The van der Waals surface area contributed by atoms with Crippen molar-refractivity contribution in [3.8, 4) is 22.6 Å². The second-order valence-electron chi connectivity index (χ2n) is 5.66. The van der Waals surface area contributed by atoms with Gasteiger partial charge in [0.2, 0.25) is 0 Å². The van der Waals surface area contributed by atoms with Crippen LogP contribution < -0.4 is 15.1 Å². The Kier molecular flexibility index (Phi) is 4.93. The third-order valence-electron chi connectivity index (χ3n) is 3.95. The summed E-state index contributed by atoms with van der Waals surface area (Å²) >= 11 is 0. The molecule has 0 aliphatic heterocycles. The second-order valence-corrected chi connectivity index (χ2v) is 5.66. The van der Waals surface area contributed by atoms with E-state index in [1.807, 2.05) is 0 Å². The summed E-state index contributed by atoms with van der Waals surface area (Å²) in [4.78, 5) is 23.7. The van der Waals surface area contributed by atoms with Crippen LogP contribution in [-0.2, 0) is 9.53 Å². The van der Waals surface area contributed by atoms with Crippen LogP contribution in [0.3, 0.4) is 0 Å².